The largest absolute Gasteiger partial charge is 0.393 e. The minimum Gasteiger partial charge on any atom is -0.393 e. The Morgan fingerprint density at radius 2 is 2.13 bits per heavy atom. The van der Waals surface area contributed by atoms with Gasteiger partial charge in [0, 0.05) is 25.0 Å². The van der Waals surface area contributed by atoms with Crippen molar-refractivity contribution < 1.29 is 9.90 Å². The summed E-state index contributed by atoms with van der Waals surface area (Å²) in [4.78, 5) is 18.8. The number of thiazole rings is 1. The van der Waals surface area contributed by atoms with Crippen LogP contribution in [0, 0.1) is 0 Å². The van der Waals surface area contributed by atoms with Gasteiger partial charge in [-0.2, -0.15) is 0 Å². The first-order chi connectivity index (χ1) is 11.2. The number of nitrogens with zero attached hydrogens (tertiary/aromatic N) is 2. The van der Waals surface area contributed by atoms with Gasteiger partial charge in [-0.25, -0.2) is 4.98 Å². The van der Waals surface area contributed by atoms with Crippen molar-refractivity contribution in [2.24, 2.45) is 5.73 Å². The number of rotatable bonds is 4. The molecule has 0 saturated carbocycles. The van der Waals surface area contributed by atoms with E-state index in [0.717, 1.165) is 42.3 Å². The Morgan fingerprint density at radius 1 is 1.39 bits per heavy atom. The van der Waals surface area contributed by atoms with E-state index in [2.05, 4.69) is 15.2 Å². The molecule has 1 aromatic heterocycles. The number of amides is 1. The number of carbonyl (C=O) groups is 1. The molecule has 1 aliphatic rings. The van der Waals surface area contributed by atoms with E-state index in [4.69, 9.17) is 5.73 Å². The maximum absolute atomic E-state index is 12.4. The maximum atomic E-state index is 12.4. The van der Waals surface area contributed by atoms with Crippen LogP contribution in [0.4, 0.5) is 11.4 Å². The minimum atomic E-state index is -0.231. The van der Waals surface area contributed by atoms with Crippen LogP contribution in [0.25, 0.3) is 0 Å². The highest BCUT2D eigenvalue weighted by Crippen LogP contribution is 2.28. The van der Waals surface area contributed by atoms with Crippen molar-refractivity contribution in [3.05, 3.63) is 40.3 Å². The lowest BCUT2D eigenvalue weighted by Gasteiger charge is -2.32. The molecule has 1 fully saturated rings. The lowest BCUT2D eigenvalue weighted by molar-refractivity contribution is 0.102. The standard InChI is InChI=1S/C16H20N4O2S/c17-9-15-18-13(10-23-15)16(22)19-12-3-1-2-4-14(12)20-7-5-11(21)6-8-20/h1-4,10-11,21H,5-9,17H2,(H,19,22). The number of anilines is 2. The van der Waals surface area contributed by atoms with Crippen LogP contribution in [0.3, 0.4) is 0 Å². The molecule has 2 heterocycles. The maximum Gasteiger partial charge on any atom is 0.275 e. The molecule has 0 unspecified atom stereocenters. The predicted molar refractivity (Wildman–Crippen MR) is 91.9 cm³/mol. The molecule has 0 radical (unpaired) electrons. The second-order valence-corrected chi connectivity index (χ2v) is 6.46. The van der Waals surface area contributed by atoms with Gasteiger partial charge < -0.3 is 21.1 Å². The first-order valence-electron chi connectivity index (χ1n) is 7.65. The molecular formula is C16H20N4O2S. The number of hydrogen-bond donors (Lipinski definition) is 3. The SMILES string of the molecule is NCc1nc(C(=O)Nc2ccccc2N2CCC(O)CC2)cs1. The lowest BCUT2D eigenvalue weighted by atomic mass is 10.1. The summed E-state index contributed by atoms with van der Waals surface area (Å²) in [5, 5.41) is 15.0. The predicted octanol–water partition coefficient (Wildman–Crippen LogP) is 1.82. The fraction of sp³-hybridized carbons (Fsp3) is 0.375. The molecule has 2 aromatic rings. The highest BCUT2D eigenvalue weighted by Gasteiger charge is 2.20. The molecule has 0 bridgehead atoms. The van der Waals surface area contributed by atoms with Crippen molar-refractivity contribution in [3.8, 4) is 0 Å². The van der Waals surface area contributed by atoms with Crippen LogP contribution < -0.4 is 16.0 Å². The molecule has 1 aliphatic heterocycles. The molecule has 0 spiro atoms. The van der Waals surface area contributed by atoms with Gasteiger partial charge in [-0.3, -0.25) is 4.79 Å². The van der Waals surface area contributed by atoms with Gasteiger partial charge in [0.2, 0.25) is 0 Å². The summed E-state index contributed by atoms with van der Waals surface area (Å²) >= 11 is 1.39. The van der Waals surface area contributed by atoms with E-state index in [1.807, 2.05) is 24.3 Å². The van der Waals surface area contributed by atoms with Crippen molar-refractivity contribution in [2.75, 3.05) is 23.3 Å². The van der Waals surface area contributed by atoms with E-state index in [-0.39, 0.29) is 12.0 Å². The summed E-state index contributed by atoms with van der Waals surface area (Å²) in [6.07, 6.45) is 1.26. The third kappa shape index (κ3) is 3.69. The van der Waals surface area contributed by atoms with Crippen LogP contribution in [0.2, 0.25) is 0 Å². The summed E-state index contributed by atoms with van der Waals surface area (Å²) in [5.41, 5.74) is 7.66. The first-order valence-corrected chi connectivity index (χ1v) is 8.53. The Labute approximate surface area is 139 Å². The molecule has 122 valence electrons. The number of piperidine rings is 1. The minimum absolute atomic E-state index is 0.224. The zero-order valence-corrected chi connectivity index (χ0v) is 13.6. The average Bonchev–Trinajstić information content (AvgIpc) is 3.05. The zero-order chi connectivity index (χ0) is 16.2. The van der Waals surface area contributed by atoms with E-state index < -0.39 is 0 Å². The zero-order valence-electron chi connectivity index (χ0n) is 12.7. The van der Waals surface area contributed by atoms with E-state index in [1.54, 1.807) is 5.38 Å². The summed E-state index contributed by atoms with van der Waals surface area (Å²) < 4.78 is 0. The van der Waals surface area contributed by atoms with Crippen molar-refractivity contribution in [2.45, 2.75) is 25.5 Å². The normalized spacial score (nSPS) is 15.7. The quantitative estimate of drug-likeness (QED) is 0.794. The van der Waals surface area contributed by atoms with Crippen molar-refractivity contribution in [1.29, 1.82) is 0 Å². The monoisotopic (exact) mass is 332 g/mol. The van der Waals surface area contributed by atoms with Crippen LogP contribution in [0.1, 0.15) is 28.3 Å². The van der Waals surface area contributed by atoms with Crippen LogP contribution >= 0.6 is 11.3 Å². The van der Waals surface area contributed by atoms with E-state index >= 15 is 0 Å². The third-order valence-electron chi connectivity index (χ3n) is 3.92. The Bertz CT molecular complexity index is 680. The van der Waals surface area contributed by atoms with Gasteiger partial charge in [-0.15, -0.1) is 11.3 Å². The molecule has 23 heavy (non-hydrogen) atoms. The topological polar surface area (TPSA) is 91.5 Å². The van der Waals surface area contributed by atoms with E-state index in [0.29, 0.717) is 12.2 Å². The van der Waals surface area contributed by atoms with Gasteiger partial charge in [0.1, 0.15) is 10.7 Å². The summed E-state index contributed by atoms with van der Waals surface area (Å²) in [6.45, 7) is 1.90. The Kier molecular flexibility index (Phi) is 4.90. The molecule has 7 heteroatoms. The Hall–Kier alpha value is -1.96. The highest BCUT2D eigenvalue weighted by molar-refractivity contribution is 7.09. The van der Waals surface area contributed by atoms with Gasteiger partial charge >= 0.3 is 0 Å². The summed E-state index contributed by atoms with van der Waals surface area (Å²) in [5.74, 6) is -0.231. The fourth-order valence-electron chi connectivity index (χ4n) is 2.66. The Balaban J connectivity index is 1.76. The summed E-state index contributed by atoms with van der Waals surface area (Å²) in [6, 6.07) is 7.71. The van der Waals surface area contributed by atoms with Crippen molar-refractivity contribution in [3.63, 3.8) is 0 Å². The number of carbonyl (C=O) groups excluding carboxylic acids is 1. The van der Waals surface area contributed by atoms with Crippen LogP contribution in [0.5, 0.6) is 0 Å². The lowest BCUT2D eigenvalue weighted by Crippen LogP contribution is -2.36. The number of hydrogen-bond acceptors (Lipinski definition) is 6. The van der Waals surface area contributed by atoms with Gasteiger partial charge in [-0.1, -0.05) is 12.1 Å². The van der Waals surface area contributed by atoms with Gasteiger partial charge in [0.25, 0.3) is 5.91 Å². The van der Waals surface area contributed by atoms with Crippen molar-refractivity contribution >= 4 is 28.6 Å². The number of nitrogens with two attached hydrogens (primary N) is 1. The molecule has 1 aromatic carbocycles. The van der Waals surface area contributed by atoms with Crippen LogP contribution in [0.15, 0.2) is 29.6 Å². The van der Waals surface area contributed by atoms with E-state index in [9.17, 15) is 9.90 Å². The number of aliphatic hydroxyl groups is 1. The molecule has 4 N–H and O–H groups in total. The number of para-hydroxylation sites is 2. The first kappa shape index (κ1) is 15.9. The van der Waals surface area contributed by atoms with Gasteiger partial charge in [0.15, 0.2) is 0 Å². The molecule has 0 atom stereocenters. The number of aliphatic hydroxyl groups excluding tert-OH is 1. The van der Waals surface area contributed by atoms with Gasteiger partial charge in [-0.05, 0) is 25.0 Å². The van der Waals surface area contributed by atoms with E-state index in [1.165, 1.54) is 11.3 Å². The highest BCUT2D eigenvalue weighted by atomic mass is 32.1. The second kappa shape index (κ2) is 7.08. The number of nitrogens with one attached hydrogen (secondary N) is 1. The fourth-order valence-corrected chi connectivity index (χ4v) is 3.31. The van der Waals surface area contributed by atoms with Crippen molar-refractivity contribution in [1.82, 2.24) is 4.98 Å². The summed E-state index contributed by atoms with van der Waals surface area (Å²) in [7, 11) is 0. The molecule has 1 saturated heterocycles. The Morgan fingerprint density at radius 3 is 2.83 bits per heavy atom. The molecular weight excluding hydrogens is 312 g/mol. The molecule has 6 nitrogen and oxygen atoms in total. The average molecular weight is 332 g/mol. The molecule has 1 amide bonds. The number of aromatic nitrogens is 1. The van der Waals surface area contributed by atoms with Crippen LogP contribution in [-0.4, -0.2) is 35.2 Å². The number of benzene rings is 1. The molecule has 3 rings (SSSR count). The molecule has 0 aliphatic carbocycles. The van der Waals surface area contributed by atoms with Gasteiger partial charge in [0.05, 0.1) is 17.5 Å². The smallest absolute Gasteiger partial charge is 0.275 e. The second-order valence-electron chi connectivity index (χ2n) is 5.52. The third-order valence-corrected chi connectivity index (χ3v) is 4.79. The van der Waals surface area contributed by atoms with Crippen LogP contribution in [-0.2, 0) is 6.54 Å².